The zero-order valence-electron chi connectivity index (χ0n) is 13.4. The van der Waals surface area contributed by atoms with Crippen LogP contribution in [0.2, 0.25) is 10.0 Å². The quantitative estimate of drug-likeness (QED) is 0.424. The van der Waals surface area contributed by atoms with Gasteiger partial charge in [-0.3, -0.25) is 4.79 Å². The summed E-state index contributed by atoms with van der Waals surface area (Å²) in [5.41, 5.74) is -1.48. The van der Waals surface area contributed by atoms with E-state index in [4.69, 9.17) is 27.9 Å². The monoisotopic (exact) mass is 439 g/mol. The Bertz CT molecular complexity index is 881. The van der Waals surface area contributed by atoms with Gasteiger partial charge in [0.15, 0.2) is 17.5 Å². The lowest BCUT2D eigenvalue weighted by atomic mass is 10.2. The van der Waals surface area contributed by atoms with Gasteiger partial charge in [0.25, 0.3) is 5.91 Å². The van der Waals surface area contributed by atoms with Gasteiger partial charge in [0.1, 0.15) is 0 Å². The van der Waals surface area contributed by atoms with E-state index >= 15 is 0 Å². The average Bonchev–Trinajstić information content (AvgIpc) is 2.60. The van der Waals surface area contributed by atoms with Gasteiger partial charge in [-0.1, -0.05) is 35.0 Å². The minimum atomic E-state index is -4.68. The third kappa shape index (κ3) is 5.72. The lowest BCUT2D eigenvalue weighted by Crippen LogP contribution is -2.22. The van der Waals surface area contributed by atoms with Crippen LogP contribution in [0, 0.1) is 0 Å². The lowest BCUT2D eigenvalue weighted by Gasteiger charge is -2.12. The molecule has 1 amide bonds. The van der Waals surface area contributed by atoms with Crippen molar-refractivity contribution in [1.82, 2.24) is 9.97 Å². The number of hydrogen-bond acceptors (Lipinski definition) is 6. The summed E-state index contributed by atoms with van der Waals surface area (Å²) in [5, 5.41) is 1.89. The van der Waals surface area contributed by atoms with E-state index in [2.05, 4.69) is 15.3 Å². The van der Waals surface area contributed by atoms with Gasteiger partial charge in [-0.15, -0.1) is 0 Å². The van der Waals surface area contributed by atoms with Gasteiger partial charge < -0.3 is 10.1 Å². The highest BCUT2D eigenvalue weighted by molar-refractivity contribution is 7.98. The van der Waals surface area contributed by atoms with E-state index in [0.717, 1.165) is 6.07 Å². The molecule has 0 aliphatic rings. The van der Waals surface area contributed by atoms with Crippen LogP contribution in [0.25, 0.3) is 0 Å². The molecule has 12 heteroatoms. The molecule has 6 nitrogen and oxygen atoms in total. The number of ether oxygens (including phenoxy) is 1. The second kappa shape index (κ2) is 8.77. The zero-order valence-corrected chi connectivity index (χ0v) is 15.8. The van der Waals surface area contributed by atoms with E-state index in [1.54, 1.807) is 6.26 Å². The van der Waals surface area contributed by atoms with Crippen LogP contribution in [-0.4, -0.2) is 34.7 Å². The molecule has 144 valence electrons. The third-order valence-corrected chi connectivity index (χ3v) is 4.16. The van der Waals surface area contributed by atoms with Crippen molar-refractivity contribution < 1.29 is 27.5 Å². The highest BCUT2D eigenvalue weighted by atomic mass is 35.5. The lowest BCUT2D eigenvalue weighted by molar-refractivity contribution is -0.137. The van der Waals surface area contributed by atoms with Gasteiger partial charge >= 0.3 is 12.1 Å². The smallest absolute Gasteiger partial charge is 0.417 e. The summed E-state index contributed by atoms with van der Waals surface area (Å²) in [6, 6.07) is 2.86. The second-order valence-corrected chi connectivity index (χ2v) is 6.46. The van der Waals surface area contributed by atoms with Crippen LogP contribution < -0.4 is 5.32 Å². The Morgan fingerprint density at radius 1 is 1.26 bits per heavy atom. The Hall–Kier alpha value is -2.04. The summed E-state index contributed by atoms with van der Waals surface area (Å²) in [5.74, 6) is -1.82. The normalized spacial score (nSPS) is 11.2. The Labute approximate surface area is 165 Å². The predicted molar refractivity (Wildman–Crippen MR) is 94.2 cm³/mol. The van der Waals surface area contributed by atoms with Crippen LogP contribution in [-0.2, 0) is 15.7 Å². The maximum absolute atomic E-state index is 12.8. The molecular weight excluding hydrogens is 430 g/mol. The molecule has 2 rings (SSSR count). The highest BCUT2D eigenvalue weighted by Gasteiger charge is 2.33. The van der Waals surface area contributed by atoms with Crippen LogP contribution in [0.1, 0.15) is 16.1 Å². The van der Waals surface area contributed by atoms with Crippen molar-refractivity contribution in [3.63, 3.8) is 0 Å². The van der Waals surface area contributed by atoms with E-state index in [-0.39, 0.29) is 21.6 Å². The number of hydrogen-bond donors (Lipinski definition) is 1. The number of esters is 1. The summed E-state index contributed by atoms with van der Waals surface area (Å²) in [7, 11) is 0. The van der Waals surface area contributed by atoms with Gasteiger partial charge in [-0.25, -0.2) is 14.8 Å². The van der Waals surface area contributed by atoms with E-state index in [0.29, 0.717) is 6.07 Å². The number of nitrogens with one attached hydrogen (secondary N) is 1. The molecule has 0 saturated heterocycles. The fraction of sp³-hybridized carbons (Fsp3) is 0.200. The van der Waals surface area contributed by atoms with Crippen LogP contribution in [0.15, 0.2) is 29.6 Å². The number of aromatic nitrogens is 2. The summed E-state index contributed by atoms with van der Waals surface area (Å²) in [4.78, 5) is 31.5. The number of carbonyl (C=O) groups excluding carboxylic acids is 2. The van der Waals surface area contributed by atoms with E-state index < -0.39 is 35.2 Å². The van der Waals surface area contributed by atoms with Gasteiger partial charge in [-0.2, -0.15) is 13.2 Å². The maximum atomic E-state index is 12.8. The van der Waals surface area contributed by atoms with Crippen LogP contribution in [0.5, 0.6) is 0 Å². The molecule has 0 unspecified atom stereocenters. The predicted octanol–water partition coefficient (Wildman–Crippen LogP) is 4.32. The molecule has 1 aromatic carbocycles. The van der Waals surface area contributed by atoms with Crippen LogP contribution in [0.4, 0.5) is 18.9 Å². The topological polar surface area (TPSA) is 81.2 Å². The van der Waals surface area contributed by atoms with Crippen molar-refractivity contribution in [2.75, 3.05) is 18.2 Å². The fourth-order valence-corrected chi connectivity index (χ4v) is 2.54. The number of benzene rings is 1. The summed E-state index contributed by atoms with van der Waals surface area (Å²) >= 11 is 12.5. The number of alkyl halides is 3. The number of thioether (sulfide) groups is 1. The van der Waals surface area contributed by atoms with Gasteiger partial charge in [0.2, 0.25) is 0 Å². The van der Waals surface area contributed by atoms with Gasteiger partial charge in [-0.05, 0) is 24.5 Å². The molecule has 0 saturated carbocycles. The Balaban J connectivity index is 2.02. The summed E-state index contributed by atoms with van der Waals surface area (Å²) in [6.07, 6.45) is -1.78. The molecule has 2 aromatic rings. The standard InChI is InChI=1S/C15H10Cl2F3N3O3S/c1-27-14-21-5-10(17)12(23-14)13(25)26-6-11(24)22-7-2-3-9(16)8(4-7)15(18,19)20/h2-5H,6H2,1H3,(H,22,24). The Morgan fingerprint density at radius 3 is 2.59 bits per heavy atom. The Morgan fingerprint density at radius 2 is 1.96 bits per heavy atom. The summed E-state index contributed by atoms with van der Waals surface area (Å²) in [6.45, 7) is -0.752. The molecular formula is C15H10Cl2F3N3O3S. The summed E-state index contributed by atoms with van der Waals surface area (Å²) < 4.78 is 43.2. The molecule has 0 aliphatic carbocycles. The van der Waals surface area contributed by atoms with E-state index in [1.807, 2.05) is 0 Å². The van der Waals surface area contributed by atoms with Crippen LogP contribution in [0.3, 0.4) is 0 Å². The SMILES string of the molecule is CSc1ncc(Cl)c(C(=O)OCC(=O)Nc2ccc(Cl)c(C(F)(F)F)c2)n1. The number of rotatable bonds is 5. The van der Waals surface area contributed by atoms with Crippen LogP contribution >= 0.6 is 35.0 Å². The molecule has 0 spiro atoms. The molecule has 1 heterocycles. The first-order valence-corrected chi connectivity index (χ1v) is 9.00. The van der Waals surface area contributed by atoms with E-state index in [1.165, 1.54) is 24.0 Å². The molecule has 0 bridgehead atoms. The van der Waals surface area contributed by atoms with Crippen molar-refractivity contribution in [2.24, 2.45) is 0 Å². The maximum Gasteiger partial charge on any atom is 0.417 e. The van der Waals surface area contributed by atoms with Crippen molar-refractivity contribution in [3.05, 3.63) is 45.7 Å². The molecule has 0 aliphatic heterocycles. The number of halogens is 5. The minimum absolute atomic E-state index is 0.0641. The highest BCUT2D eigenvalue weighted by Crippen LogP contribution is 2.36. The Kier molecular flexibility index (Phi) is 6.90. The third-order valence-electron chi connectivity index (χ3n) is 2.99. The largest absolute Gasteiger partial charge is 0.451 e. The first-order valence-electron chi connectivity index (χ1n) is 7.02. The van der Waals surface area contributed by atoms with Crippen molar-refractivity contribution in [1.29, 1.82) is 0 Å². The molecule has 1 aromatic heterocycles. The van der Waals surface area contributed by atoms with Crippen molar-refractivity contribution in [3.8, 4) is 0 Å². The van der Waals surface area contributed by atoms with Crippen molar-refractivity contribution >= 4 is 52.5 Å². The average molecular weight is 440 g/mol. The molecule has 0 atom stereocenters. The number of nitrogens with zero attached hydrogens (tertiary/aromatic N) is 2. The first kappa shape index (κ1) is 21.3. The molecule has 0 radical (unpaired) electrons. The molecule has 0 fully saturated rings. The first-order chi connectivity index (χ1) is 12.6. The number of carbonyl (C=O) groups is 2. The zero-order chi connectivity index (χ0) is 20.2. The van der Waals surface area contributed by atoms with Crippen molar-refractivity contribution in [2.45, 2.75) is 11.3 Å². The number of anilines is 1. The van der Waals surface area contributed by atoms with Gasteiger partial charge in [0.05, 0.1) is 21.8 Å². The molecule has 1 N–H and O–H groups in total. The second-order valence-electron chi connectivity index (χ2n) is 4.87. The van der Waals surface area contributed by atoms with E-state index in [9.17, 15) is 22.8 Å². The fourth-order valence-electron chi connectivity index (χ4n) is 1.81. The minimum Gasteiger partial charge on any atom is -0.451 e. The molecule has 27 heavy (non-hydrogen) atoms. The van der Waals surface area contributed by atoms with Gasteiger partial charge in [0, 0.05) is 5.69 Å². The number of amides is 1.